The Morgan fingerprint density at radius 2 is 1.95 bits per heavy atom. The standard InChI is InChI=1S/C13H21N3O2S/c1-14-19(17,18)13-6-3-2-5-12(13)16-10-4-9-15-11-7-8-11/h2-3,5-6,11,14-16H,4,7-10H2,1H3. The zero-order valence-electron chi connectivity index (χ0n) is 11.1. The molecule has 1 saturated carbocycles. The minimum Gasteiger partial charge on any atom is -0.384 e. The molecule has 1 aliphatic rings. The van der Waals surface area contributed by atoms with E-state index in [4.69, 9.17) is 0 Å². The average molecular weight is 283 g/mol. The molecule has 0 aliphatic heterocycles. The van der Waals surface area contributed by atoms with Gasteiger partial charge in [0.1, 0.15) is 4.90 Å². The second-order valence-corrected chi connectivity index (χ2v) is 6.57. The first-order chi connectivity index (χ1) is 9.13. The van der Waals surface area contributed by atoms with Crippen molar-refractivity contribution in [3.05, 3.63) is 24.3 Å². The maximum absolute atomic E-state index is 11.8. The molecule has 0 saturated heterocycles. The molecule has 19 heavy (non-hydrogen) atoms. The van der Waals surface area contributed by atoms with Crippen LogP contribution in [0.15, 0.2) is 29.2 Å². The van der Waals surface area contributed by atoms with Gasteiger partial charge in [0.15, 0.2) is 0 Å². The van der Waals surface area contributed by atoms with Crippen LogP contribution < -0.4 is 15.4 Å². The van der Waals surface area contributed by atoms with Crippen LogP contribution in [0.2, 0.25) is 0 Å². The smallest absolute Gasteiger partial charge is 0.242 e. The van der Waals surface area contributed by atoms with Gasteiger partial charge in [0.25, 0.3) is 0 Å². The van der Waals surface area contributed by atoms with E-state index in [2.05, 4.69) is 15.4 Å². The van der Waals surface area contributed by atoms with E-state index < -0.39 is 10.0 Å². The van der Waals surface area contributed by atoms with Crippen LogP contribution in [-0.2, 0) is 10.0 Å². The van der Waals surface area contributed by atoms with E-state index in [0.29, 0.717) is 10.6 Å². The summed E-state index contributed by atoms with van der Waals surface area (Å²) in [6.45, 7) is 1.73. The number of sulfonamides is 1. The zero-order chi connectivity index (χ0) is 13.7. The highest BCUT2D eigenvalue weighted by Gasteiger charge is 2.19. The van der Waals surface area contributed by atoms with Gasteiger partial charge in [-0.1, -0.05) is 12.1 Å². The molecule has 0 heterocycles. The number of para-hydroxylation sites is 1. The van der Waals surface area contributed by atoms with E-state index in [-0.39, 0.29) is 0 Å². The fourth-order valence-electron chi connectivity index (χ4n) is 1.86. The zero-order valence-corrected chi connectivity index (χ0v) is 12.0. The summed E-state index contributed by atoms with van der Waals surface area (Å²) >= 11 is 0. The van der Waals surface area contributed by atoms with Crippen molar-refractivity contribution in [1.82, 2.24) is 10.0 Å². The van der Waals surface area contributed by atoms with Crippen LogP contribution in [0, 0.1) is 0 Å². The Hall–Kier alpha value is -1.11. The summed E-state index contributed by atoms with van der Waals surface area (Å²) in [6, 6.07) is 7.68. The molecule has 5 nitrogen and oxygen atoms in total. The van der Waals surface area contributed by atoms with Crippen LogP contribution in [0.3, 0.4) is 0 Å². The van der Waals surface area contributed by atoms with Crippen molar-refractivity contribution >= 4 is 15.7 Å². The Labute approximate surface area is 114 Å². The third-order valence-corrected chi connectivity index (χ3v) is 4.60. The SMILES string of the molecule is CNS(=O)(=O)c1ccccc1NCCCNC1CC1. The molecule has 1 fully saturated rings. The van der Waals surface area contributed by atoms with E-state index in [1.165, 1.54) is 19.9 Å². The average Bonchev–Trinajstić information content (AvgIpc) is 3.23. The minimum absolute atomic E-state index is 0.299. The quantitative estimate of drug-likeness (QED) is 0.626. The molecule has 0 amide bonds. The van der Waals surface area contributed by atoms with Crippen LogP contribution in [-0.4, -0.2) is 34.6 Å². The number of anilines is 1. The van der Waals surface area contributed by atoms with Crippen LogP contribution in [0.25, 0.3) is 0 Å². The first-order valence-electron chi connectivity index (χ1n) is 6.63. The molecule has 1 aliphatic carbocycles. The monoisotopic (exact) mass is 283 g/mol. The third-order valence-electron chi connectivity index (χ3n) is 3.12. The fraction of sp³-hybridized carbons (Fsp3) is 0.538. The molecule has 3 N–H and O–H groups in total. The Morgan fingerprint density at radius 1 is 1.21 bits per heavy atom. The minimum atomic E-state index is -3.40. The molecule has 0 spiro atoms. The molecule has 1 aromatic carbocycles. The van der Waals surface area contributed by atoms with E-state index in [1.54, 1.807) is 18.2 Å². The lowest BCUT2D eigenvalue weighted by Gasteiger charge is -2.12. The summed E-state index contributed by atoms with van der Waals surface area (Å²) in [5.74, 6) is 0. The van der Waals surface area contributed by atoms with Gasteiger partial charge in [-0.3, -0.25) is 0 Å². The lowest BCUT2D eigenvalue weighted by molar-refractivity contribution is 0.588. The Bertz CT molecular complexity index is 512. The largest absolute Gasteiger partial charge is 0.384 e. The van der Waals surface area contributed by atoms with Crippen LogP contribution in [0.5, 0.6) is 0 Å². The summed E-state index contributed by atoms with van der Waals surface area (Å²) in [6.07, 6.45) is 3.55. The molecule has 6 heteroatoms. The molecule has 0 aromatic heterocycles. The Morgan fingerprint density at radius 3 is 2.63 bits per heavy atom. The molecule has 0 unspecified atom stereocenters. The summed E-state index contributed by atoms with van der Waals surface area (Å²) < 4.78 is 26.0. The molecule has 2 rings (SSSR count). The van der Waals surface area contributed by atoms with Crippen molar-refractivity contribution in [2.45, 2.75) is 30.2 Å². The Kier molecular flexibility index (Phi) is 4.79. The molecule has 106 valence electrons. The second-order valence-electron chi connectivity index (χ2n) is 4.71. The van der Waals surface area contributed by atoms with Crippen molar-refractivity contribution in [3.8, 4) is 0 Å². The van der Waals surface area contributed by atoms with Gasteiger partial charge in [-0.25, -0.2) is 13.1 Å². The van der Waals surface area contributed by atoms with Gasteiger partial charge < -0.3 is 10.6 Å². The van der Waals surface area contributed by atoms with Gasteiger partial charge in [0.05, 0.1) is 5.69 Å². The second kappa shape index (κ2) is 6.36. The van der Waals surface area contributed by atoms with E-state index in [9.17, 15) is 8.42 Å². The maximum Gasteiger partial charge on any atom is 0.242 e. The van der Waals surface area contributed by atoms with Crippen LogP contribution >= 0.6 is 0 Å². The van der Waals surface area contributed by atoms with Crippen molar-refractivity contribution in [3.63, 3.8) is 0 Å². The van der Waals surface area contributed by atoms with E-state index >= 15 is 0 Å². The molecular formula is C13H21N3O2S. The highest BCUT2D eigenvalue weighted by atomic mass is 32.2. The molecule has 0 bridgehead atoms. The van der Waals surface area contributed by atoms with E-state index in [1.807, 2.05) is 6.07 Å². The molecule has 0 radical (unpaired) electrons. The lowest BCUT2D eigenvalue weighted by atomic mass is 10.3. The summed E-state index contributed by atoms with van der Waals surface area (Å²) in [5.41, 5.74) is 0.656. The van der Waals surface area contributed by atoms with Crippen molar-refractivity contribution in [2.75, 3.05) is 25.5 Å². The highest BCUT2D eigenvalue weighted by Crippen LogP contribution is 2.20. The Balaban J connectivity index is 1.88. The van der Waals surface area contributed by atoms with Crippen LogP contribution in [0.4, 0.5) is 5.69 Å². The number of hydrogen-bond donors (Lipinski definition) is 3. The molecule has 0 atom stereocenters. The number of nitrogens with one attached hydrogen (secondary N) is 3. The van der Waals surface area contributed by atoms with Gasteiger partial charge in [-0.15, -0.1) is 0 Å². The van der Waals surface area contributed by atoms with Crippen molar-refractivity contribution < 1.29 is 8.42 Å². The molecule has 1 aromatic rings. The normalized spacial score (nSPS) is 15.4. The predicted molar refractivity (Wildman–Crippen MR) is 76.8 cm³/mol. The van der Waals surface area contributed by atoms with Gasteiger partial charge in [0, 0.05) is 12.6 Å². The highest BCUT2D eigenvalue weighted by molar-refractivity contribution is 7.89. The van der Waals surface area contributed by atoms with E-state index in [0.717, 1.165) is 25.6 Å². The number of benzene rings is 1. The summed E-state index contributed by atoms with van der Waals surface area (Å²) in [4.78, 5) is 0.299. The fourth-order valence-corrected chi connectivity index (χ4v) is 2.77. The van der Waals surface area contributed by atoms with Crippen LogP contribution in [0.1, 0.15) is 19.3 Å². The molecular weight excluding hydrogens is 262 g/mol. The van der Waals surface area contributed by atoms with Crippen molar-refractivity contribution in [2.24, 2.45) is 0 Å². The first kappa shape index (κ1) is 14.3. The third kappa shape index (κ3) is 4.19. The van der Waals surface area contributed by atoms with Gasteiger partial charge in [-0.2, -0.15) is 0 Å². The van der Waals surface area contributed by atoms with Gasteiger partial charge in [-0.05, 0) is 45.0 Å². The topological polar surface area (TPSA) is 70.2 Å². The van der Waals surface area contributed by atoms with Crippen molar-refractivity contribution in [1.29, 1.82) is 0 Å². The van der Waals surface area contributed by atoms with Gasteiger partial charge >= 0.3 is 0 Å². The van der Waals surface area contributed by atoms with Gasteiger partial charge in [0.2, 0.25) is 10.0 Å². The first-order valence-corrected chi connectivity index (χ1v) is 8.11. The summed E-state index contributed by atoms with van der Waals surface area (Å²) in [7, 11) is -1.98. The number of hydrogen-bond acceptors (Lipinski definition) is 4. The summed E-state index contributed by atoms with van der Waals surface area (Å²) in [5, 5.41) is 6.62. The predicted octanol–water partition coefficient (Wildman–Crippen LogP) is 1.15. The maximum atomic E-state index is 11.8. The number of rotatable bonds is 8. The lowest BCUT2D eigenvalue weighted by Crippen LogP contribution is -2.22.